The quantitative estimate of drug-likeness (QED) is 0.573. The van der Waals surface area contributed by atoms with Crippen molar-refractivity contribution < 1.29 is 9.53 Å². The van der Waals surface area contributed by atoms with E-state index in [1.54, 1.807) is 0 Å². The average molecular weight is 298 g/mol. The van der Waals surface area contributed by atoms with E-state index >= 15 is 0 Å². The third-order valence-corrected chi connectivity index (χ3v) is 4.12. The van der Waals surface area contributed by atoms with Crippen LogP contribution < -0.4 is 0 Å². The Kier molecular flexibility index (Phi) is 10.3. The molecule has 1 fully saturated rings. The Morgan fingerprint density at radius 2 is 1.43 bits per heavy atom. The van der Waals surface area contributed by atoms with E-state index in [-0.39, 0.29) is 6.03 Å². The Hall–Kier alpha value is -0.770. The first-order chi connectivity index (χ1) is 10.3. The highest BCUT2D eigenvalue weighted by Gasteiger charge is 2.22. The molecule has 0 unspecified atom stereocenters. The summed E-state index contributed by atoms with van der Waals surface area (Å²) in [5, 5.41) is 0. The van der Waals surface area contributed by atoms with Crippen LogP contribution >= 0.6 is 0 Å². The Morgan fingerprint density at radius 3 is 1.90 bits per heavy atom. The smallest absolute Gasteiger partial charge is 0.320 e. The van der Waals surface area contributed by atoms with Crippen LogP contribution in [0, 0.1) is 0 Å². The fourth-order valence-corrected chi connectivity index (χ4v) is 2.72. The van der Waals surface area contributed by atoms with Crippen molar-refractivity contribution in [3.8, 4) is 0 Å². The molecule has 1 saturated heterocycles. The summed E-state index contributed by atoms with van der Waals surface area (Å²) in [7, 11) is 0. The summed E-state index contributed by atoms with van der Waals surface area (Å²) in [6, 6.07) is 0.228. The monoisotopic (exact) mass is 298 g/mol. The molecule has 0 radical (unpaired) electrons. The van der Waals surface area contributed by atoms with Crippen molar-refractivity contribution in [1.82, 2.24) is 9.80 Å². The highest BCUT2D eigenvalue weighted by atomic mass is 16.5. The van der Waals surface area contributed by atoms with Gasteiger partial charge in [0, 0.05) is 26.2 Å². The normalized spacial score (nSPS) is 15.2. The molecule has 0 spiro atoms. The number of hydrogen-bond donors (Lipinski definition) is 0. The molecule has 1 aliphatic heterocycles. The van der Waals surface area contributed by atoms with Gasteiger partial charge in [0.1, 0.15) is 0 Å². The molecule has 0 atom stereocenters. The van der Waals surface area contributed by atoms with Crippen LogP contribution in [0.15, 0.2) is 0 Å². The molecule has 21 heavy (non-hydrogen) atoms. The second-order valence-electron chi connectivity index (χ2n) is 5.99. The summed E-state index contributed by atoms with van der Waals surface area (Å²) in [6.07, 6.45) is 9.78. The van der Waals surface area contributed by atoms with Crippen molar-refractivity contribution in [2.75, 3.05) is 39.4 Å². The molecular formula is C17H34N2O2. The predicted octanol–water partition coefficient (Wildman–Crippen LogP) is 3.90. The molecular weight excluding hydrogens is 264 g/mol. The minimum atomic E-state index is 0.228. The lowest BCUT2D eigenvalue weighted by atomic mass is 10.1. The van der Waals surface area contributed by atoms with Gasteiger partial charge in [0.15, 0.2) is 0 Å². The molecule has 0 aromatic heterocycles. The number of nitrogens with zero attached hydrogens (tertiary/aromatic N) is 2. The van der Waals surface area contributed by atoms with Crippen LogP contribution in [0.25, 0.3) is 0 Å². The minimum Gasteiger partial charge on any atom is -0.378 e. The Labute approximate surface area is 130 Å². The van der Waals surface area contributed by atoms with Gasteiger partial charge in [-0.05, 0) is 12.8 Å². The van der Waals surface area contributed by atoms with Gasteiger partial charge in [0.2, 0.25) is 0 Å². The topological polar surface area (TPSA) is 32.8 Å². The molecule has 124 valence electrons. The number of urea groups is 1. The fraction of sp³-hybridized carbons (Fsp3) is 0.941. The van der Waals surface area contributed by atoms with Gasteiger partial charge in [0.25, 0.3) is 0 Å². The summed E-state index contributed by atoms with van der Waals surface area (Å²) in [5.74, 6) is 0. The molecule has 2 amide bonds. The molecule has 1 rings (SSSR count). The van der Waals surface area contributed by atoms with Crippen molar-refractivity contribution >= 4 is 6.03 Å². The van der Waals surface area contributed by atoms with Crippen molar-refractivity contribution in [3.05, 3.63) is 0 Å². The maximum Gasteiger partial charge on any atom is 0.320 e. The molecule has 0 aliphatic carbocycles. The zero-order chi connectivity index (χ0) is 15.3. The number of ether oxygens (including phenoxy) is 1. The summed E-state index contributed by atoms with van der Waals surface area (Å²) < 4.78 is 5.34. The maximum absolute atomic E-state index is 12.6. The summed E-state index contributed by atoms with van der Waals surface area (Å²) in [6.45, 7) is 9.16. The second-order valence-corrected chi connectivity index (χ2v) is 5.99. The van der Waals surface area contributed by atoms with Gasteiger partial charge in [0.05, 0.1) is 13.2 Å². The fourth-order valence-electron chi connectivity index (χ4n) is 2.72. The summed E-state index contributed by atoms with van der Waals surface area (Å²) in [4.78, 5) is 16.7. The highest BCUT2D eigenvalue weighted by Crippen LogP contribution is 2.09. The summed E-state index contributed by atoms with van der Waals surface area (Å²) in [5.41, 5.74) is 0. The molecule has 0 bridgehead atoms. The maximum atomic E-state index is 12.6. The first-order valence-electron chi connectivity index (χ1n) is 8.91. The Morgan fingerprint density at radius 1 is 0.905 bits per heavy atom. The summed E-state index contributed by atoms with van der Waals surface area (Å²) >= 11 is 0. The van der Waals surface area contributed by atoms with Gasteiger partial charge in [-0.15, -0.1) is 0 Å². The van der Waals surface area contributed by atoms with Crippen LogP contribution in [0.4, 0.5) is 4.79 Å². The molecule has 0 aromatic rings. The zero-order valence-electron chi connectivity index (χ0n) is 14.1. The second kappa shape index (κ2) is 11.8. The zero-order valence-corrected chi connectivity index (χ0v) is 14.1. The number of rotatable bonds is 10. The van der Waals surface area contributed by atoms with Gasteiger partial charge >= 0.3 is 6.03 Å². The molecule has 0 N–H and O–H groups in total. The molecule has 1 aliphatic rings. The van der Waals surface area contributed by atoms with E-state index in [1.165, 1.54) is 38.5 Å². The third-order valence-electron chi connectivity index (χ3n) is 4.12. The molecule has 4 heteroatoms. The Balaban J connectivity index is 2.38. The van der Waals surface area contributed by atoms with Gasteiger partial charge < -0.3 is 14.5 Å². The lowest BCUT2D eigenvalue weighted by Gasteiger charge is -2.33. The highest BCUT2D eigenvalue weighted by molar-refractivity contribution is 5.74. The van der Waals surface area contributed by atoms with Crippen LogP contribution in [0.2, 0.25) is 0 Å². The van der Waals surface area contributed by atoms with E-state index in [9.17, 15) is 4.79 Å². The van der Waals surface area contributed by atoms with Crippen molar-refractivity contribution in [1.29, 1.82) is 0 Å². The first kappa shape index (κ1) is 18.3. The van der Waals surface area contributed by atoms with Crippen molar-refractivity contribution in [2.45, 2.75) is 65.2 Å². The van der Waals surface area contributed by atoms with Gasteiger partial charge in [-0.3, -0.25) is 0 Å². The lowest BCUT2D eigenvalue weighted by Crippen LogP contribution is -2.48. The number of amides is 2. The predicted molar refractivity (Wildman–Crippen MR) is 87.6 cm³/mol. The third kappa shape index (κ3) is 7.70. The number of carbonyl (C=O) groups is 1. The number of morpholine rings is 1. The number of hydrogen-bond acceptors (Lipinski definition) is 2. The van der Waals surface area contributed by atoms with E-state index in [0.717, 1.165) is 39.0 Å². The van der Waals surface area contributed by atoms with Gasteiger partial charge in [-0.1, -0.05) is 52.4 Å². The number of unbranched alkanes of at least 4 members (excludes halogenated alkanes) is 6. The van der Waals surface area contributed by atoms with Gasteiger partial charge in [-0.25, -0.2) is 4.79 Å². The van der Waals surface area contributed by atoms with Crippen LogP contribution in [0.1, 0.15) is 65.2 Å². The van der Waals surface area contributed by atoms with Crippen molar-refractivity contribution in [3.63, 3.8) is 0 Å². The Bertz CT molecular complexity index is 254. The molecule has 4 nitrogen and oxygen atoms in total. The van der Waals surface area contributed by atoms with E-state index in [1.807, 2.05) is 4.90 Å². The van der Waals surface area contributed by atoms with Crippen molar-refractivity contribution in [2.24, 2.45) is 0 Å². The van der Waals surface area contributed by atoms with Crippen LogP contribution in [-0.4, -0.2) is 55.2 Å². The van der Waals surface area contributed by atoms with E-state index in [0.29, 0.717) is 13.2 Å². The average Bonchev–Trinajstić information content (AvgIpc) is 2.53. The molecule has 0 saturated carbocycles. The van der Waals surface area contributed by atoms with Crippen LogP contribution in [-0.2, 0) is 4.74 Å². The largest absolute Gasteiger partial charge is 0.378 e. The molecule has 0 aromatic carbocycles. The number of carbonyl (C=O) groups excluding carboxylic acids is 1. The van der Waals surface area contributed by atoms with Gasteiger partial charge in [-0.2, -0.15) is 0 Å². The van der Waals surface area contributed by atoms with Crippen LogP contribution in [0.3, 0.4) is 0 Å². The van der Waals surface area contributed by atoms with E-state index < -0.39 is 0 Å². The first-order valence-corrected chi connectivity index (χ1v) is 8.91. The molecule has 1 heterocycles. The van der Waals surface area contributed by atoms with E-state index in [4.69, 9.17) is 4.74 Å². The lowest BCUT2D eigenvalue weighted by molar-refractivity contribution is 0.0430. The van der Waals surface area contributed by atoms with E-state index in [2.05, 4.69) is 18.7 Å². The SMILES string of the molecule is CCCCCCN(CCCCCC)C(=O)N1CCOCC1. The standard InChI is InChI=1S/C17H34N2O2/c1-3-5-7-9-11-18(12-10-8-6-4-2)17(20)19-13-15-21-16-14-19/h3-16H2,1-2H3. The van der Waals surface area contributed by atoms with Crippen LogP contribution in [0.5, 0.6) is 0 Å². The minimum absolute atomic E-state index is 0.228.